The molecule has 31 heavy (non-hydrogen) atoms. The molecule has 1 aliphatic heterocycles. The first-order valence-electron chi connectivity index (χ1n) is 10.2. The Hall–Kier alpha value is -3.44. The van der Waals surface area contributed by atoms with Crippen LogP contribution in [-0.4, -0.2) is 46.1 Å². The predicted molar refractivity (Wildman–Crippen MR) is 119 cm³/mol. The number of β-amino-alcohol motifs (C(OH)–C–C–N with tert-alkyl or cyclic N) is 1. The van der Waals surface area contributed by atoms with Crippen molar-refractivity contribution in [1.29, 1.82) is 5.26 Å². The zero-order valence-corrected chi connectivity index (χ0v) is 18.4. The Bertz CT molecular complexity index is 1190. The van der Waals surface area contributed by atoms with Crippen LogP contribution < -0.4 is 15.0 Å². The lowest BCUT2D eigenvalue weighted by atomic mass is 9.96. The number of hydrogen-bond acceptors (Lipinski definition) is 8. The molecule has 1 atom stereocenters. The Kier molecular flexibility index (Phi) is 5.15. The van der Waals surface area contributed by atoms with Gasteiger partial charge in [0.25, 0.3) is 0 Å². The van der Waals surface area contributed by atoms with E-state index in [9.17, 15) is 10.4 Å². The molecule has 0 amide bonds. The Labute approximate surface area is 181 Å². The molecule has 1 aliphatic rings. The number of fused-ring (bicyclic) bond motifs is 1. The van der Waals surface area contributed by atoms with Gasteiger partial charge in [0.1, 0.15) is 11.2 Å². The highest BCUT2D eigenvalue weighted by atomic mass is 16.5. The smallest absolute Gasteiger partial charge is 0.237 e. The zero-order chi connectivity index (χ0) is 22.3. The van der Waals surface area contributed by atoms with Crippen molar-refractivity contribution >= 4 is 22.4 Å². The normalized spacial score (nSPS) is 15.8. The molecule has 2 N–H and O–H groups in total. The molecule has 8 nitrogen and oxygen atoms in total. The predicted octanol–water partition coefficient (Wildman–Crippen LogP) is 3.27. The molecule has 4 rings (SSSR count). The highest BCUT2D eigenvalue weighted by Gasteiger charge is 2.38. The molecular formula is C23H26N6O2. The Morgan fingerprint density at radius 1 is 1.29 bits per heavy atom. The van der Waals surface area contributed by atoms with Crippen molar-refractivity contribution in [2.24, 2.45) is 0 Å². The second-order valence-electron chi connectivity index (χ2n) is 8.40. The van der Waals surface area contributed by atoms with Crippen molar-refractivity contribution in [3.8, 4) is 11.9 Å². The van der Waals surface area contributed by atoms with Gasteiger partial charge in [-0.2, -0.15) is 10.4 Å². The third kappa shape index (κ3) is 3.73. The summed E-state index contributed by atoms with van der Waals surface area (Å²) in [5.74, 6) is 1.11. The number of anilines is 2. The number of hydrogen-bond donors (Lipinski definition) is 2. The van der Waals surface area contributed by atoms with Crippen LogP contribution in [0.4, 0.5) is 11.5 Å². The van der Waals surface area contributed by atoms with Gasteiger partial charge in [0.15, 0.2) is 5.82 Å². The van der Waals surface area contributed by atoms with E-state index in [1.54, 1.807) is 7.11 Å². The Morgan fingerprint density at radius 2 is 2.03 bits per heavy atom. The quantitative estimate of drug-likeness (QED) is 0.650. The summed E-state index contributed by atoms with van der Waals surface area (Å²) in [7, 11) is 1.59. The maximum absolute atomic E-state index is 10.2. The van der Waals surface area contributed by atoms with E-state index >= 15 is 0 Å². The summed E-state index contributed by atoms with van der Waals surface area (Å²) in [6.07, 6.45) is 0. The molecule has 0 spiro atoms. The number of aryl methyl sites for hydroxylation is 1. The summed E-state index contributed by atoms with van der Waals surface area (Å²) in [5.41, 5.74) is 4.13. The maximum Gasteiger partial charge on any atom is 0.237 e. The van der Waals surface area contributed by atoms with Crippen molar-refractivity contribution in [1.82, 2.24) is 15.2 Å². The van der Waals surface area contributed by atoms with E-state index < -0.39 is 5.60 Å². The summed E-state index contributed by atoms with van der Waals surface area (Å²) in [4.78, 5) is 6.73. The monoisotopic (exact) mass is 418 g/mol. The van der Waals surface area contributed by atoms with Crippen LogP contribution in [0, 0.1) is 25.2 Å². The molecule has 0 radical (unpaired) electrons. The summed E-state index contributed by atoms with van der Waals surface area (Å²) in [6.45, 7) is 8.67. The fourth-order valence-electron chi connectivity index (χ4n) is 4.12. The van der Waals surface area contributed by atoms with Gasteiger partial charge < -0.3 is 20.1 Å². The number of pyridine rings is 1. The van der Waals surface area contributed by atoms with Crippen LogP contribution in [0.5, 0.6) is 5.88 Å². The average molecular weight is 419 g/mol. The van der Waals surface area contributed by atoms with E-state index in [1.165, 1.54) is 0 Å². The number of ether oxygens (including phenoxy) is 1. The van der Waals surface area contributed by atoms with Gasteiger partial charge in [0.2, 0.25) is 5.88 Å². The van der Waals surface area contributed by atoms with Crippen molar-refractivity contribution in [3.63, 3.8) is 0 Å². The van der Waals surface area contributed by atoms with Crippen LogP contribution in [0.25, 0.3) is 10.9 Å². The fraction of sp³-hybridized carbons (Fsp3) is 0.391. The molecule has 1 fully saturated rings. The van der Waals surface area contributed by atoms with Gasteiger partial charge in [-0.15, -0.1) is 5.10 Å². The number of methoxy groups -OCH3 is 1. The van der Waals surface area contributed by atoms with Gasteiger partial charge in [-0.3, -0.25) is 0 Å². The third-order valence-electron chi connectivity index (χ3n) is 5.78. The molecule has 0 aliphatic carbocycles. The lowest BCUT2D eigenvalue weighted by molar-refractivity contribution is 0.0307. The topological polar surface area (TPSA) is 107 Å². The summed E-state index contributed by atoms with van der Waals surface area (Å²) in [6, 6.07) is 9.85. The number of nitrogens with one attached hydrogen (secondary N) is 1. The van der Waals surface area contributed by atoms with Crippen LogP contribution in [-0.2, 0) is 0 Å². The van der Waals surface area contributed by atoms with Crippen LogP contribution in [0.2, 0.25) is 0 Å². The van der Waals surface area contributed by atoms with Gasteiger partial charge in [0.05, 0.1) is 36.1 Å². The first-order valence-corrected chi connectivity index (χ1v) is 10.2. The second kappa shape index (κ2) is 7.67. The van der Waals surface area contributed by atoms with Gasteiger partial charge in [-0.05, 0) is 51.0 Å². The molecule has 3 heterocycles. The van der Waals surface area contributed by atoms with Crippen molar-refractivity contribution in [3.05, 3.63) is 46.6 Å². The molecule has 0 bridgehead atoms. The Balaban J connectivity index is 1.76. The Morgan fingerprint density at radius 3 is 2.68 bits per heavy atom. The lowest BCUT2D eigenvalue weighted by Gasteiger charge is -2.45. The lowest BCUT2D eigenvalue weighted by Crippen LogP contribution is -2.60. The molecule has 3 aromatic rings. The highest BCUT2D eigenvalue weighted by molar-refractivity contribution is 5.94. The van der Waals surface area contributed by atoms with Crippen molar-refractivity contribution in [2.75, 3.05) is 30.4 Å². The molecule has 1 saturated heterocycles. The number of nitrogens with zero attached hydrogens (tertiary/aromatic N) is 5. The standard InChI is InChI=1S/C23H26N6O2/c1-13-16(10-24)7-6-8-17(13)14(2)25-21-18-9-19(29-11-23(4,30)12-29)22(31-5)26-20(18)15(3)27-28-21/h6-9,14,30H,11-12H2,1-5H3,(H,25,28)/t14-/m1/s1. The SMILES string of the molecule is COc1nc2c(C)nnc(N[C@H](C)c3cccc(C#N)c3C)c2cc1N1CC(C)(O)C1. The van der Waals surface area contributed by atoms with E-state index in [1.807, 2.05) is 56.9 Å². The average Bonchev–Trinajstić information content (AvgIpc) is 2.73. The van der Waals surface area contributed by atoms with E-state index in [4.69, 9.17) is 9.72 Å². The zero-order valence-electron chi connectivity index (χ0n) is 18.4. The number of nitriles is 1. The first-order chi connectivity index (χ1) is 14.7. The third-order valence-corrected chi connectivity index (χ3v) is 5.78. The van der Waals surface area contributed by atoms with Crippen LogP contribution in [0.1, 0.15) is 42.3 Å². The van der Waals surface area contributed by atoms with E-state index in [0.717, 1.165) is 22.2 Å². The molecule has 2 aromatic heterocycles. The number of aromatic nitrogens is 3. The number of rotatable bonds is 5. The minimum Gasteiger partial charge on any atom is -0.480 e. The molecule has 0 saturated carbocycles. The first kappa shape index (κ1) is 20.8. The number of benzene rings is 1. The molecule has 0 unspecified atom stereocenters. The largest absolute Gasteiger partial charge is 0.480 e. The fourth-order valence-corrected chi connectivity index (χ4v) is 4.12. The van der Waals surface area contributed by atoms with Gasteiger partial charge >= 0.3 is 0 Å². The maximum atomic E-state index is 10.2. The highest BCUT2D eigenvalue weighted by Crippen LogP contribution is 2.38. The van der Waals surface area contributed by atoms with Gasteiger partial charge in [-0.25, -0.2) is 4.98 Å². The summed E-state index contributed by atoms with van der Waals surface area (Å²) in [5, 5.41) is 32.5. The van der Waals surface area contributed by atoms with Gasteiger partial charge in [-0.1, -0.05) is 12.1 Å². The second-order valence-corrected chi connectivity index (χ2v) is 8.40. The molecule has 8 heteroatoms. The molecule has 160 valence electrons. The van der Waals surface area contributed by atoms with E-state index in [-0.39, 0.29) is 6.04 Å². The van der Waals surface area contributed by atoms with E-state index in [2.05, 4.69) is 21.6 Å². The van der Waals surface area contributed by atoms with Crippen LogP contribution in [0.3, 0.4) is 0 Å². The molecule has 1 aromatic carbocycles. The van der Waals surface area contributed by atoms with Crippen LogP contribution in [0.15, 0.2) is 24.3 Å². The van der Waals surface area contributed by atoms with Gasteiger partial charge in [0, 0.05) is 18.5 Å². The van der Waals surface area contributed by atoms with Crippen molar-refractivity contribution < 1.29 is 9.84 Å². The van der Waals surface area contributed by atoms with E-state index in [0.29, 0.717) is 41.6 Å². The summed E-state index contributed by atoms with van der Waals surface area (Å²) >= 11 is 0. The van der Waals surface area contributed by atoms with Crippen LogP contribution >= 0.6 is 0 Å². The summed E-state index contributed by atoms with van der Waals surface area (Å²) < 4.78 is 5.53. The number of aliphatic hydroxyl groups is 1. The molecular weight excluding hydrogens is 392 g/mol. The van der Waals surface area contributed by atoms with Crippen molar-refractivity contribution in [2.45, 2.75) is 39.3 Å². The minimum absolute atomic E-state index is 0.0937. The minimum atomic E-state index is -0.717.